The molecule has 1 aliphatic rings. The van der Waals surface area contributed by atoms with Crippen molar-refractivity contribution in [3.63, 3.8) is 0 Å². The van der Waals surface area contributed by atoms with E-state index in [9.17, 15) is 0 Å². The number of nitrogens with zero attached hydrogens (tertiary/aromatic N) is 2. The van der Waals surface area contributed by atoms with Crippen molar-refractivity contribution in [2.45, 2.75) is 12.8 Å². The molecule has 0 amide bonds. The molecule has 0 radical (unpaired) electrons. The highest BCUT2D eigenvalue weighted by Crippen LogP contribution is 2.21. The molecule has 2 heterocycles. The lowest BCUT2D eigenvalue weighted by molar-refractivity contribution is -0.660. The van der Waals surface area contributed by atoms with Crippen molar-refractivity contribution in [2.75, 3.05) is 18.8 Å². The summed E-state index contributed by atoms with van der Waals surface area (Å²) in [6, 6.07) is 0. The molecule has 0 fully saturated rings. The summed E-state index contributed by atoms with van der Waals surface area (Å²) in [5, 5.41) is 2.78. The van der Waals surface area contributed by atoms with Gasteiger partial charge in [0.25, 0.3) is 0 Å². The number of hydrogen-bond acceptors (Lipinski definition) is 4. The first-order valence-electron chi connectivity index (χ1n) is 4.44. The molecular formula is C8H15N4S+. The number of anilines is 1. The molecule has 0 atom stereocenters. The van der Waals surface area contributed by atoms with Crippen LogP contribution in [-0.2, 0) is 19.9 Å². The zero-order chi connectivity index (χ0) is 9.42. The van der Waals surface area contributed by atoms with E-state index in [0.717, 1.165) is 31.1 Å². The maximum Gasteiger partial charge on any atom is 0.331 e. The van der Waals surface area contributed by atoms with Gasteiger partial charge >= 0.3 is 5.13 Å². The molecule has 4 N–H and O–H groups in total. The quantitative estimate of drug-likeness (QED) is 0.434. The number of fused-ring (bicyclic) bond motifs is 1. The summed E-state index contributed by atoms with van der Waals surface area (Å²) in [7, 11) is 2.02. The van der Waals surface area contributed by atoms with Gasteiger partial charge in [-0.1, -0.05) is 11.3 Å². The third kappa shape index (κ3) is 1.54. The van der Waals surface area contributed by atoms with Crippen molar-refractivity contribution in [1.29, 1.82) is 0 Å². The molecule has 13 heavy (non-hydrogen) atoms. The van der Waals surface area contributed by atoms with Crippen LogP contribution in [0.1, 0.15) is 10.6 Å². The lowest BCUT2D eigenvalue weighted by Crippen LogP contribution is -2.37. The molecule has 0 aliphatic carbocycles. The summed E-state index contributed by atoms with van der Waals surface area (Å²) in [6.45, 7) is 1.87. The largest absolute Gasteiger partial charge is 0.331 e. The molecule has 5 heteroatoms. The molecule has 72 valence electrons. The lowest BCUT2D eigenvalue weighted by atomic mass is 10.2. The molecule has 0 unspecified atom stereocenters. The molecular weight excluding hydrogens is 184 g/mol. The Kier molecular flexibility index (Phi) is 2.23. The van der Waals surface area contributed by atoms with E-state index in [1.807, 2.05) is 12.1 Å². The van der Waals surface area contributed by atoms with Crippen molar-refractivity contribution in [2.24, 2.45) is 12.9 Å². The van der Waals surface area contributed by atoms with Crippen LogP contribution in [0.25, 0.3) is 0 Å². The second kappa shape index (κ2) is 3.25. The third-order valence-corrected chi connectivity index (χ3v) is 3.72. The van der Waals surface area contributed by atoms with Gasteiger partial charge in [0.1, 0.15) is 5.69 Å². The third-order valence-electron chi connectivity index (χ3n) is 2.55. The molecule has 0 aromatic carbocycles. The van der Waals surface area contributed by atoms with Gasteiger partial charge in [0, 0.05) is 25.9 Å². The molecule has 1 aromatic rings. The maximum atomic E-state index is 5.84. The van der Waals surface area contributed by atoms with E-state index >= 15 is 0 Å². The number of rotatable bonds is 0. The predicted octanol–water partition coefficient (Wildman–Crippen LogP) is -0.571. The lowest BCUT2D eigenvalue weighted by Gasteiger charge is -2.10. The number of thiazole rings is 1. The first kappa shape index (κ1) is 8.93. The van der Waals surface area contributed by atoms with Crippen molar-refractivity contribution in [1.82, 2.24) is 5.01 Å². The first-order valence-corrected chi connectivity index (χ1v) is 5.26. The fourth-order valence-corrected chi connectivity index (χ4v) is 2.73. The highest BCUT2D eigenvalue weighted by atomic mass is 32.1. The van der Waals surface area contributed by atoms with E-state index in [-0.39, 0.29) is 0 Å². The van der Waals surface area contributed by atoms with Crippen molar-refractivity contribution >= 4 is 16.5 Å². The van der Waals surface area contributed by atoms with E-state index in [1.165, 1.54) is 10.6 Å². The molecule has 1 aromatic heterocycles. The van der Waals surface area contributed by atoms with Crippen LogP contribution < -0.4 is 16.1 Å². The van der Waals surface area contributed by atoms with Crippen LogP contribution in [0.2, 0.25) is 0 Å². The second-order valence-corrected chi connectivity index (χ2v) is 4.52. The van der Waals surface area contributed by atoms with E-state index < -0.39 is 0 Å². The van der Waals surface area contributed by atoms with E-state index in [1.54, 1.807) is 11.3 Å². The van der Waals surface area contributed by atoms with E-state index in [0.29, 0.717) is 0 Å². The van der Waals surface area contributed by atoms with Crippen LogP contribution in [0, 0.1) is 0 Å². The summed E-state index contributed by atoms with van der Waals surface area (Å²) in [6.07, 6.45) is 2.04. The van der Waals surface area contributed by atoms with Crippen LogP contribution >= 0.6 is 11.3 Å². The van der Waals surface area contributed by atoms with E-state index in [4.69, 9.17) is 11.6 Å². The topological polar surface area (TPSA) is 59.2 Å². The Bertz CT molecular complexity index is 320. The average Bonchev–Trinajstić information content (AvgIpc) is 2.28. The monoisotopic (exact) mass is 199 g/mol. The van der Waals surface area contributed by atoms with Gasteiger partial charge in [0.05, 0.1) is 11.9 Å². The summed E-state index contributed by atoms with van der Waals surface area (Å²) >= 11 is 1.69. The van der Waals surface area contributed by atoms with Gasteiger partial charge in [0.2, 0.25) is 0 Å². The van der Waals surface area contributed by atoms with E-state index in [2.05, 4.69) is 4.57 Å². The Hall–Kier alpha value is -0.650. The van der Waals surface area contributed by atoms with Crippen LogP contribution in [0.3, 0.4) is 0 Å². The van der Waals surface area contributed by atoms with Gasteiger partial charge in [-0.25, -0.2) is 9.58 Å². The zero-order valence-electron chi connectivity index (χ0n) is 7.79. The Morgan fingerprint density at radius 3 is 2.85 bits per heavy atom. The standard InChI is InChI=1S/C8H14N4S/c1-11-6-2-4-12(10)5-3-7(6)13-8(11)9/h9H,2-5,10H2,1H3/p+1. The van der Waals surface area contributed by atoms with Crippen LogP contribution in [-0.4, -0.2) is 18.1 Å². The maximum absolute atomic E-state index is 5.84. The second-order valence-electron chi connectivity index (χ2n) is 3.41. The van der Waals surface area contributed by atoms with Crippen molar-refractivity contribution < 1.29 is 4.57 Å². The number of hydrogen-bond donors (Lipinski definition) is 2. The zero-order valence-corrected chi connectivity index (χ0v) is 8.60. The Labute approximate surface area is 81.7 Å². The van der Waals surface area contributed by atoms with Gasteiger partial charge in [-0.2, -0.15) is 0 Å². The normalized spacial score (nSPS) is 18.3. The highest BCUT2D eigenvalue weighted by molar-refractivity contribution is 7.15. The van der Waals surface area contributed by atoms with Gasteiger partial charge in [-0.05, 0) is 0 Å². The minimum absolute atomic E-state index is 0.899. The average molecular weight is 199 g/mol. The minimum atomic E-state index is 0.899. The fraction of sp³-hybridized carbons (Fsp3) is 0.625. The Balaban J connectivity index is 2.34. The number of nitrogens with two attached hydrogens (primary N) is 2. The molecule has 0 spiro atoms. The first-order chi connectivity index (χ1) is 6.18. The molecule has 2 rings (SSSR count). The highest BCUT2D eigenvalue weighted by Gasteiger charge is 2.21. The molecule has 0 bridgehead atoms. The Morgan fingerprint density at radius 1 is 1.38 bits per heavy atom. The molecule has 1 aliphatic heterocycles. The number of hydrazine groups is 1. The fourth-order valence-electron chi connectivity index (χ4n) is 1.68. The Morgan fingerprint density at radius 2 is 2.08 bits per heavy atom. The van der Waals surface area contributed by atoms with Gasteiger partial charge < -0.3 is 0 Å². The summed E-state index contributed by atoms with van der Waals surface area (Å²) in [5.41, 5.74) is 7.20. The number of aromatic nitrogens is 1. The van der Waals surface area contributed by atoms with Gasteiger partial charge in [-0.15, -0.1) is 0 Å². The van der Waals surface area contributed by atoms with Crippen LogP contribution in [0.15, 0.2) is 0 Å². The van der Waals surface area contributed by atoms with Crippen molar-refractivity contribution in [3.8, 4) is 0 Å². The molecule has 0 saturated heterocycles. The van der Waals surface area contributed by atoms with Crippen LogP contribution in [0.5, 0.6) is 0 Å². The SMILES string of the molecule is C[n+]1c(N)sc2c1CCN(N)CC2. The van der Waals surface area contributed by atoms with Gasteiger partial charge in [-0.3, -0.25) is 11.6 Å². The smallest absolute Gasteiger partial charge is 0.278 e. The summed E-state index contributed by atoms with van der Waals surface area (Å²) < 4.78 is 2.08. The summed E-state index contributed by atoms with van der Waals surface area (Å²) in [4.78, 5) is 1.40. The summed E-state index contributed by atoms with van der Waals surface area (Å²) in [5.74, 6) is 5.76. The minimum Gasteiger partial charge on any atom is -0.278 e. The number of nitrogen functional groups attached to an aromatic ring is 1. The predicted molar refractivity (Wildman–Crippen MR) is 53.1 cm³/mol. The van der Waals surface area contributed by atoms with Crippen LogP contribution in [0.4, 0.5) is 5.13 Å². The molecule has 0 saturated carbocycles. The molecule has 4 nitrogen and oxygen atoms in total. The van der Waals surface area contributed by atoms with Gasteiger partial charge in [0.15, 0.2) is 0 Å². The van der Waals surface area contributed by atoms with Crippen molar-refractivity contribution in [3.05, 3.63) is 10.6 Å².